The van der Waals surface area contributed by atoms with Crippen molar-refractivity contribution in [3.05, 3.63) is 21.9 Å². The van der Waals surface area contributed by atoms with Gasteiger partial charge in [0.25, 0.3) is 0 Å². The van der Waals surface area contributed by atoms with Crippen molar-refractivity contribution in [3.63, 3.8) is 0 Å². The van der Waals surface area contributed by atoms with Gasteiger partial charge in [-0.2, -0.15) is 4.31 Å². The molecule has 0 bridgehead atoms. The van der Waals surface area contributed by atoms with E-state index in [1.165, 1.54) is 11.3 Å². The zero-order chi connectivity index (χ0) is 15.8. The van der Waals surface area contributed by atoms with Gasteiger partial charge in [-0.1, -0.05) is 20.8 Å². The Bertz CT molecular complexity index is 628. The van der Waals surface area contributed by atoms with Crippen molar-refractivity contribution in [3.8, 4) is 0 Å². The second kappa shape index (κ2) is 5.70. The van der Waals surface area contributed by atoms with Crippen LogP contribution in [0.5, 0.6) is 0 Å². The van der Waals surface area contributed by atoms with Crippen molar-refractivity contribution in [1.82, 2.24) is 4.31 Å². The predicted octanol–water partition coefficient (Wildman–Crippen LogP) is 2.50. The number of hydrogen-bond donors (Lipinski definition) is 1. The third kappa shape index (κ3) is 3.64. The van der Waals surface area contributed by atoms with Gasteiger partial charge >= 0.3 is 5.97 Å². The fraction of sp³-hybridized carbons (Fsp3) is 0.643. The lowest BCUT2D eigenvalue weighted by atomic mass is 9.94. The highest BCUT2D eigenvalue weighted by Crippen LogP contribution is 2.35. The van der Waals surface area contributed by atoms with Crippen molar-refractivity contribution >= 4 is 27.3 Å². The summed E-state index contributed by atoms with van der Waals surface area (Å²) >= 11 is 1.49. The van der Waals surface area contributed by atoms with E-state index in [2.05, 4.69) is 0 Å². The molecule has 0 aliphatic carbocycles. The highest BCUT2D eigenvalue weighted by atomic mass is 32.2. The molecular weight excluding hydrogens is 310 g/mol. The monoisotopic (exact) mass is 331 g/mol. The Morgan fingerprint density at radius 1 is 1.48 bits per heavy atom. The lowest BCUT2D eigenvalue weighted by molar-refractivity contribution is -0.142. The lowest BCUT2D eigenvalue weighted by Gasteiger charge is -2.33. The molecule has 0 radical (unpaired) electrons. The van der Waals surface area contributed by atoms with Crippen LogP contribution in [0.25, 0.3) is 0 Å². The fourth-order valence-corrected chi connectivity index (χ4v) is 5.30. The summed E-state index contributed by atoms with van der Waals surface area (Å²) in [6, 6.07) is 0.648. The summed E-state index contributed by atoms with van der Waals surface area (Å²) in [5.41, 5.74) is 0.521. The van der Waals surface area contributed by atoms with Gasteiger partial charge in [-0.25, -0.2) is 8.42 Å². The first-order chi connectivity index (χ1) is 9.62. The molecule has 0 spiro atoms. The maximum atomic E-state index is 12.5. The van der Waals surface area contributed by atoms with Gasteiger partial charge in [-0.05, 0) is 35.3 Å². The van der Waals surface area contributed by atoms with E-state index in [9.17, 15) is 18.3 Å². The predicted molar refractivity (Wildman–Crippen MR) is 83.0 cm³/mol. The van der Waals surface area contributed by atoms with Gasteiger partial charge in [0, 0.05) is 11.4 Å². The SMILES string of the molecule is CC(C)(C)CCS(=O)(=O)N1CCc2sccc2C1C(=O)O. The molecule has 7 heteroatoms. The van der Waals surface area contributed by atoms with E-state index < -0.39 is 22.0 Å². The minimum atomic E-state index is -3.57. The molecule has 1 unspecified atom stereocenters. The van der Waals surface area contributed by atoms with Crippen LogP contribution in [-0.4, -0.2) is 36.1 Å². The molecule has 1 aliphatic rings. The largest absolute Gasteiger partial charge is 0.480 e. The lowest BCUT2D eigenvalue weighted by Crippen LogP contribution is -2.44. The average molecular weight is 331 g/mol. The number of aliphatic carboxylic acids is 1. The van der Waals surface area contributed by atoms with Crippen LogP contribution >= 0.6 is 11.3 Å². The maximum absolute atomic E-state index is 12.5. The maximum Gasteiger partial charge on any atom is 0.326 e. The first-order valence-electron chi connectivity index (χ1n) is 6.90. The van der Waals surface area contributed by atoms with Crippen molar-refractivity contribution in [1.29, 1.82) is 0 Å². The van der Waals surface area contributed by atoms with Crippen molar-refractivity contribution in [2.75, 3.05) is 12.3 Å². The third-order valence-electron chi connectivity index (χ3n) is 3.62. The van der Waals surface area contributed by atoms with Crippen LogP contribution in [0.4, 0.5) is 0 Å². The molecule has 118 valence electrons. The van der Waals surface area contributed by atoms with Gasteiger partial charge in [0.2, 0.25) is 10.0 Å². The summed E-state index contributed by atoms with van der Waals surface area (Å²) in [6.07, 6.45) is 1.10. The number of hydrogen-bond acceptors (Lipinski definition) is 4. The summed E-state index contributed by atoms with van der Waals surface area (Å²) in [4.78, 5) is 12.5. The summed E-state index contributed by atoms with van der Waals surface area (Å²) in [7, 11) is -3.57. The summed E-state index contributed by atoms with van der Waals surface area (Å²) in [6.45, 7) is 6.18. The average Bonchev–Trinajstić information content (AvgIpc) is 2.82. The Balaban J connectivity index is 2.28. The molecule has 5 nitrogen and oxygen atoms in total. The minimum absolute atomic E-state index is 0.0141. The van der Waals surface area contributed by atoms with E-state index in [4.69, 9.17) is 0 Å². The summed E-state index contributed by atoms with van der Waals surface area (Å²) in [5.74, 6) is -1.12. The number of fused-ring (bicyclic) bond motifs is 1. The molecule has 1 N–H and O–H groups in total. The Labute approximate surface area is 129 Å². The van der Waals surface area contributed by atoms with Crippen LogP contribution in [0.2, 0.25) is 0 Å². The van der Waals surface area contributed by atoms with E-state index in [1.54, 1.807) is 6.07 Å². The first kappa shape index (κ1) is 16.5. The van der Waals surface area contributed by atoms with Crippen LogP contribution in [0.3, 0.4) is 0 Å². The number of nitrogens with zero attached hydrogens (tertiary/aromatic N) is 1. The molecule has 1 aliphatic heterocycles. The Kier molecular flexibility index (Phi) is 4.46. The van der Waals surface area contributed by atoms with E-state index >= 15 is 0 Å². The Morgan fingerprint density at radius 3 is 2.71 bits per heavy atom. The summed E-state index contributed by atoms with van der Waals surface area (Å²) in [5, 5.41) is 11.3. The van der Waals surface area contributed by atoms with Gasteiger partial charge in [-0.3, -0.25) is 4.79 Å². The molecule has 21 heavy (non-hydrogen) atoms. The number of carboxylic acids is 1. The van der Waals surface area contributed by atoms with Gasteiger partial charge in [0.05, 0.1) is 5.75 Å². The number of rotatable bonds is 4. The zero-order valence-corrected chi connectivity index (χ0v) is 14.1. The van der Waals surface area contributed by atoms with E-state index in [0.717, 1.165) is 9.18 Å². The molecule has 1 aromatic rings. The number of sulfonamides is 1. The van der Waals surface area contributed by atoms with E-state index in [1.807, 2.05) is 26.2 Å². The number of carbonyl (C=O) groups is 1. The molecule has 1 atom stereocenters. The molecule has 2 rings (SSSR count). The third-order valence-corrected chi connectivity index (χ3v) is 6.45. The summed E-state index contributed by atoms with van der Waals surface area (Å²) < 4.78 is 26.3. The van der Waals surface area contributed by atoms with Gasteiger partial charge in [0.1, 0.15) is 6.04 Å². The first-order valence-corrected chi connectivity index (χ1v) is 9.39. The van der Waals surface area contributed by atoms with E-state index in [-0.39, 0.29) is 17.7 Å². The smallest absolute Gasteiger partial charge is 0.326 e. The van der Waals surface area contributed by atoms with Gasteiger partial charge < -0.3 is 5.11 Å². The standard InChI is InChI=1S/C14H21NO4S2/c1-14(2,3)6-9-21(18,19)15-7-4-11-10(5-8-20-11)12(15)13(16)17/h5,8,12H,4,6-7,9H2,1-3H3,(H,16,17). The highest BCUT2D eigenvalue weighted by Gasteiger charge is 2.40. The Morgan fingerprint density at radius 2 is 2.14 bits per heavy atom. The van der Waals surface area contributed by atoms with Crippen LogP contribution in [0.15, 0.2) is 11.4 Å². The van der Waals surface area contributed by atoms with Crippen LogP contribution < -0.4 is 0 Å². The van der Waals surface area contributed by atoms with Crippen LogP contribution in [0.1, 0.15) is 43.7 Å². The van der Waals surface area contributed by atoms with E-state index in [0.29, 0.717) is 18.4 Å². The van der Waals surface area contributed by atoms with Gasteiger partial charge in [0.15, 0.2) is 0 Å². The Hall–Kier alpha value is -0.920. The van der Waals surface area contributed by atoms with Crippen molar-refractivity contribution < 1.29 is 18.3 Å². The minimum Gasteiger partial charge on any atom is -0.480 e. The molecule has 0 amide bonds. The molecule has 0 fully saturated rings. The molecule has 1 aromatic heterocycles. The quantitative estimate of drug-likeness (QED) is 0.920. The second-order valence-electron chi connectivity index (χ2n) is 6.53. The zero-order valence-electron chi connectivity index (χ0n) is 12.5. The normalized spacial score (nSPS) is 20.2. The molecule has 0 saturated carbocycles. The molecule has 0 saturated heterocycles. The molecule has 2 heterocycles. The highest BCUT2D eigenvalue weighted by molar-refractivity contribution is 7.89. The van der Waals surface area contributed by atoms with Crippen molar-refractivity contribution in [2.45, 2.75) is 39.7 Å². The molecular formula is C14H21NO4S2. The fourth-order valence-electron chi connectivity index (χ4n) is 2.40. The van der Waals surface area contributed by atoms with Crippen molar-refractivity contribution in [2.24, 2.45) is 5.41 Å². The topological polar surface area (TPSA) is 74.7 Å². The number of thiophene rings is 1. The van der Waals surface area contributed by atoms with Crippen LogP contribution in [0, 0.1) is 5.41 Å². The number of carboxylic acid groups (broad SMARTS) is 1. The second-order valence-corrected chi connectivity index (χ2v) is 9.57. The molecule has 0 aromatic carbocycles. The van der Waals surface area contributed by atoms with Crippen LogP contribution in [-0.2, 0) is 21.2 Å². The van der Waals surface area contributed by atoms with Gasteiger partial charge in [-0.15, -0.1) is 11.3 Å².